The SMILES string of the molecule is O=C1NC(=O)/C(=C/c2cnn3c(NC4CC4)cc(-c4ccc(C(=O)NCCCN5CCCC5)s4)nc23)N1. The van der Waals surface area contributed by atoms with E-state index in [-0.39, 0.29) is 11.6 Å². The van der Waals surface area contributed by atoms with Crippen molar-refractivity contribution in [2.24, 2.45) is 0 Å². The van der Waals surface area contributed by atoms with Gasteiger partial charge in [0.1, 0.15) is 11.5 Å². The number of fused-ring (bicyclic) bond motifs is 1. The van der Waals surface area contributed by atoms with Crippen LogP contribution in [0.1, 0.15) is 47.3 Å². The number of hydrogen-bond donors (Lipinski definition) is 4. The molecule has 2 aliphatic heterocycles. The van der Waals surface area contributed by atoms with Crippen molar-refractivity contribution in [2.75, 3.05) is 31.5 Å². The highest BCUT2D eigenvalue weighted by molar-refractivity contribution is 7.17. The summed E-state index contributed by atoms with van der Waals surface area (Å²) < 4.78 is 1.70. The van der Waals surface area contributed by atoms with Crippen molar-refractivity contribution in [3.63, 3.8) is 0 Å². The van der Waals surface area contributed by atoms with E-state index < -0.39 is 11.9 Å². The van der Waals surface area contributed by atoms with Gasteiger partial charge in [-0.25, -0.2) is 9.78 Å². The molecule has 4 amide bonds. The van der Waals surface area contributed by atoms with Crippen LogP contribution >= 0.6 is 11.3 Å². The number of thiophene rings is 1. The molecule has 5 heterocycles. The summed E-state index contributed by atoms with van der Waals surface area (Å²) >= 11 is 1.39. The Morgan fingerprint density at radius 3 is 2.78 bits per heavy atom. The second-order valence-electron chi connectivity index (χ2n) is 9.57. The molecule has 0 atom stereocenters. The average Bonchev–Trinajstić information content (AvgIpc) is 3.30. The fourth-order valence-electron chi connectivity index (χ4n) is 4.58. The first-order chi connectivity index (χ1) is 18.0. The van der Waals surface area contributed by atoms with E-state index in [0.29, 0.717) is 34.4 Å². The Hall–Kier alpha value is -3.77. The lowest BCUT2D eigenvalue weighted by Gasteiger charge is -2.14. The predicted molar refractivity (Wildman–Crippen MR) is 140 cm³/mol. The van der Waals surface area contributed by atoms with E-state index in [0.717, 1.165) is 49.6 Å². The third-order valence-corrected chi connectivity index (χ3v) is 7.77. The number of amides is 4. The van der Waals surface area contributed by atoms with Crippen LogP contribution in [0.15, 0.2) is 30.1 Å². The number of hydrogen-bond acceptors (Lipinski definition) is 8. The monoisotopic (exact) mass is 520 g/mol. The maximum absolute atomic E-state index is 12.7. The number of carbonyl (C=O) groups is 3. The molecule has 37 heavy (non-hydrogen) atoms. The van der Waals surface area contributed by atoms with Crippen LogP contribution in [0.25, 0.3) is 22.3 Å². The average molecular weight is 521 g/mol. The van der Waals surface area contributed by atoms with Gasteiger partial charge in [-0.05, 0) is 69.9 Å². The van der Waals surface area contributed by atoms with Crippen molar-refractivity contribution in [3.8, 4) is 10.6 Å². The highest BCUT2D eigenvalue weighted by atomic mass is 32.1. The number of nitrogens with one attached hydrogen (secondary N) is 4. The van der Waals surface area contributed by atoms with Crippen molar-refractivity contribution in [1.82, 2.24) is 35.4 Å². The molecule has 2 saturated heterocycles. The van der Waals surface area contributed by atoms with E-state index in [1.807, 2.05) is 18.2 Å². The largest absolute Gasteiger partial charge is 0.367 e. The molecule has 0 spiro atoms. The molecule has 0 unspecified atom stereocenters. The number of anilines is 1. The molecule has 1 aliphatic carbocycles. The number of aromatic nitrogens is 3. The Morgan fingerprint density at radius 1 is 1.19 bits per heavy atom. The summed E-state index contributed by atoms with van der Waals surface area (Å²) in [6.07, 6.45) is 8.84. The third kappa shape index (κ3) is 5.20. The van der Waals surface area contributed by atoms with Crippen molar-refractivity contribution in [1.29, 1.82) is 0 Å². The van der Waals surface area contributed by atoms with E-state index in [9.17, 15) is 14.4 Å². The van der Waals surface area contributed by atoms with Gasteiger partial charge in [0.15, 0.2) is 5.65 Å². The van der Waals surface area contributed by atoms with E-state index >= 15 is 0 Å². The summed E-state index contributed by atoms with van der Waals surface area (Å²) in [5.74, 6) is 0.215. The molecule has 192 valence electrons. The van der Waals surface area contributed by atoms with Gasteiger partial charge in [0.25, 0.3) is 11.8 Å². The minimum atomic E-state index is -0.558. The topological polar surface area (TPSA) is 133 Å². The summed E-state index contributed by atoms with van der Waals surface area (Å²) in [6, 6.07) is 5.49. The minimum Gasteiger partial charge on any atom is -0.367 e. The zero-order valence-corrected chi connectivity index (χ0v) is 21.1. The van der Waals surface area contributed by atoms with Crippen molar-refractivity contribution < 1.29 is 14.4 Å². The van der Waals surface area contributed by atoms with Gasteiger partial charge in [-0.2, -0.15) is 9.61 Å². The summed E-state index contributed by atoms with van der Waals surface area (Å²) in [4.78, 5) is 45.0. The number of imide groups is 1. The molecular weight excluding hydrogens is 492 g/mol. The van der Waals surface area contributed by atoms with Crippen LogP contribution in [0.3, 0.4) is 0 Å². The molecule has 0 bridgehead atoms. The van der Waals surface area contributed by atoms with Gasteiger partial charge in [-0.1, -0.05) is 0 Å². The quantitative estimate of drug-likeness (QED) is 0.194. The van der Waals surface area contributed by atoms with Gasteiger partial charge in [-0.3, -0.25) is 14.9 Å². The first-order valence-corrected chi connectivity index (χ1v) is 13.5. The summed E-state index contributed by atoms with van der Waals surface area (Å²) in [6.45, 7) is 4.00. The molecule has 3 fully saturated rings. The second kappa shape index (κ2) is 9.94. The van der Waals surface area contributed by atoms with Crippen molar-refractivity contribution in [2.45, 2.75) is 38.1 Å². The molecule has 4 N–H and O–H groups in total. The van der Waals surface area contributed by atoms with Crippen LogP contribution in [-0.2, 0) is 4.79 Å². The zero-order chi connectivity index (χ0) is 25.4. The fourth-order valence-corrected chi connectivity index (χ4v) is 5.46. The van der Waals surface area contributed by atoms with Gasteiger partial charge in [0.05, 0.1) is 21.6 Å². The zero-order valence-electron chi connectivity index (χ0n) is 20.2. The van der Waals surface area contributed by atoms with E-state index in [1.54, 1.807) is 16.8 Å². The maximum atomic E-state index is 12.7. The molecule has 0 aromatic carbocycles. The van der Waals surface area contributed by atoms with Gasteiger partial charge >= 0.3 is 6.03 Å². The highest BCUT2D eigenvalue weighted by Crippen LogP contribution is 2.32. The molecule has 3 aliphatic rings. The molecular formula is C25H28N8O3S. The Bertz CT molecular complexity index is 1400. The Kier molecular flexibility index (Phi) is 6.35. The number of urea groups is 1. The standard InChI is InChI=1S/C25H28N8O3S/c34-23-18(30-25(36)31-23)12-15-14-27-33-21(28-16-4-5-16)13-17(29-22(15)33)19-6-7-20(37-19)24(35)26-8-3-11-32-9-1-2-10-32/h6-7,12-14,16,28H,1-5,8-11H2,(H,26,35)(H2,30,31,34,36)/b18-12-. The number of rotatable bonds is 9. The smallest absolute Gasteiger partial charge is 0.326 e. The van der Waals surface area contributed by atoms with E-state index in [4.69, 9.17) is 4.98 Å². The van der Waals surface area contributed by atoms with Gasteiger partial charge in [0, 0.05) is 24.2 Å². The first kappa shape index (κ1) is 23.6. The summed E-state index contributed by atoms with van der Waals surface area (Å²) in [5.41, 5.74) is 1.99. The number of carbonyl (C=O) groups excluding carboxylic acids is 3. The lowest BCUT2D eigenvalue weighted by Crippen LogP contribution is -2.28. The van der Waals surface area contributed by atoms with E-state index in [2.05, 4.69) is 31.3 Å². The van der Waals surface area contributed by atoms with Crippen LogP contribution in [0.5, 0.6) is 0 Å². The molecule has 1 saturated carbocycles. The summed E-state index contributed by atoms with van der Waals surface area (Å²) in [7, 11) is 0. The molecule has 11 nitrogen and oxygen atoms in total. The number of nitrogens with zero attached hydrogens (tertiary/aromatic N) is 4. The normalized spacial score (nSPS) is 19.0. The van der Waals surface area contributed by atoms with Crippen LogP contribution < -0.4 is 21.3 Å². The van der Waals surface area contributed by atoms with Crippen LogP contribution in [0.2, 0.25) is 0 Å². The molecule has 0 radical (unpaired) electrons. The molecule has 3 aromatic heterocycles. The predicted octanol–water partition coefficient (Wildman–Crippen LogP) is 2.43. The maximum Gasteiger partial charge on any atom is 0.326 e. The Morgan fingerprint density at radius 2 is 2.03 bits per heavy atom. The van der Waals surface area contributed by atoms with Gasteiger partial charge < -0.3 is 20.9 Å². The lowest BCUT2D eigenvalue weighted by atomic mass is 10.2. The van der Waals surface area contributed by atoms with Crippen molar-refractivity contribution >= 4 is 46.7 Å². The van der Waals surface area contributed by atoms with Crippen LogP contribution in [0.4, 0.5) is 10.6 Å². The van der Waals surface area contributed by atoms with Gasteiger partial charge in [0.2, 0.25) is 0 Å². The highest BCUT2D eigenvalue weighted by Gasteiger charge is 2.26. The number of likely N-dealkylation sites (tertiary alicyclic amines) is 1. The third-order valence-electron chi connectivity index (χ3n) is 6.67. The molecule has 3 aromatic rings. The molecule has 6 rings (SSSR count). The second-order valence-corrected chi connectivity index (χ2v) is 10.7. The van der Waals surface area contributed by atoms with Crippen LogP contribution in [-0.4, -0.2) is 69.6 Å². The fraction of sp³-hybridized carbons (Fsp3) is 0.400. The lowest BCUT2D eigenvalue weighted by molar-refractivity contribution is -0.115. The van der Waals surface area contributed by atoms with Gasteiger partial charge in [-0.15, -0.1) is 11.3 Å². The Balaban J connectivity index is 1.23. The van der Waals surface area contributed by atoms with Crippen molar-refractivity contribution in [3.05, 3.63) is 40.5 Å². The first-order valence-electron chi connectivity index (χ1n) is 12.6. The Labute approximate surface area is 217 Å². The van der Waals surface area contributed by atoms with E-state index in [1.165, 1.54) is 24.2 Å². The molecule has 12 heteroatoms. The van der Waals surface area contributed by atoms with Crippen LogP contribution in [0, 0.1) is 0 Å². The minimum absolute atomic E-state index is 0.0761. The summed E-state index contributed by atoms with van der Waals surface area (Å²) in [5, 5.41) is 15.7.